The first-order valence-electron chi connectivity index (χ1n) is 6.09. The second kappa shape index (κ2) is 4.39. The summed E-state index contributed by atoms with van der Waals surface area (Å²) in [6.07, 6.45) is 1.75. The number of anilines is 2. The highest BCUT2D eigenvalue weighted by molar-refractivity contribution is 5.82. The first-order valence-corrected chi connectivity index (χ1v) is 6.09. The van der Waals surface area contributed by atoms with E-state index in [0.29, 0.717) is 5.69 Å². The van der Waals surface area contributed by atoms with Crippen molar-refractivity contribution in [3.63, 3.8) is 0 Å². The van der Waals surface area contributed by atoms with Crippen molar-refractivity contribution in [2.24, 2.45) is 7.05 Å². The fourth-order valence-electron chi connectivity index (χ4n) is 2.14. The van der Waals surface area contributed by atoms with Gasteiger partial charge >= 0.3 is 0 Å². The highest BCUT2D eigenvalue weighted by Gasteiger charge is 2.08. The van der Waals surface area contributed by atoms with E-state index in [4.69, 9.17) is 0 Å². The lowest BCUT2D eigenvalue weighted by atomic mass is 10.2. The van der Waals surface area contributed by atoms with Gasteiger partial charge in [-0.05, 0) is 42.8 Å². The number of fused-ring (bicyclic) bond motifs is 1. The van der Waals surface area contributed by atoms with Crippen LogP contribution in [-0.4, -0.2) is 9.55 Å². The van der Waals surface area contributed by atoms with Gasteiger partial charge in [-0.15, -0.1) is 0 Å². The van der Waals surface area contributed by atoms with Crippen LogP contribution in [0.1, 0.15) is 5.56 Å². The Labute approximate surface area is 110 Å². The molecule has 1 aromatic carbocycles. The van der Waals surface area contributed by atoms with Crippen LogP contribution >= 0.6 is 0 Å². The third kappa shape index (κ3) is 2.05. The van der Waals surface area contributed by atoms with E-state index in [9.17, 15) is 4.39 Å². The Morgan fingerprint density at radius 2 is 2.05 bits per heavy atom. The Morgan fingerprint density at radius 1 is 1.21 bits per heavy atom. The fraction of sp³-hybridized carbons (Fsp3) is 0.133. The SMILES string of the molecule is Cc1ccc(Nc2cc3cccnc3n2C)c(F)c1. The molecule has 0 fully saturated rings. The number of rotatable bonds is 2. The van der Waals surface area contributed by atoms with Gasteiger partial charge in [-0.1, -0.05) is 6.07 Å². The quantitative estimate of drug-likeness (QED) is 0.755. The molecule has 96 valence electrons. The number of aromatic nitrogens is 2. The zero-order chi connectivity index (χ0) is 13.4. The second-order valence-electron chi connectivity index (χ2n) is 4.61. The van der Waals surface area contributed by atoms with Crippen LogP contribution in [0.5, 0.6) is 0 Å². The van der Waals surface area contributed by atoms with Gasteiger partial charge in [-0.2, -0.15) is 0 Å². The highest BCUT2D eigenvalue weighted by Crippen LogP contribution is 2.25. The van der Waals surface area contributed by atoms with Crippen LogP contribution in [0.15, 0.2) is 42.6 Å². The summed E-state index contributed by atoms with van der Waals surface area (Å²) in [5, 5.41) is 4.13. The van der Waals surface area contributed by atoms with Gasteiger partial charge in [0.15, 0.2) is 0 Å². The molecule has 3 nitrogen and oxygen atoms in total. The summed E-state index contributed by atoms with van der Waals surface area (Å²) in [7, 11) is 1.91. The third-order valence-corrected chi connectivity index (χ3v) is 3.18. The Bertz CT molecular complexity index is 746. The van der Waals surface area contributed by atoms with E-state index in [1.807, 2.05) is 42.8 Å². The Morgan fingerprint density at radius 3 is 2.79 bits per heavy atom. The van der Waals surface area contributed by atoms with Gasteiger partial charge in [0.2, 0.25) is 0 Å². The van der Waals surface area contributed by atoms with Gasteiger partial charge in [0.05, 0.1) is 5.69 Å². The van der Waals surface area contributed by atoms with E-state index >= 15 is 0 Å². The molecule has 0 saturated carbocycles. The van der Waals surface area contributed by atoms with Gasteiger partial charge in [-0.25, -0.2) is 9.37 Å². The Balaban J connectivity index is 2.03. The summed E-state index contributed by atoms with van der Waals surface area (Å²) in [5.74, 6) is 0.565. The van der Waals surface area contributed by atoms with Crippen molar-refractivity contribution >= 4 is 22.5 Å². The summed E-state index contributed by atoms with van der Waals surface area (Å²) in [6, 6.07) is 11.0. The van der Waals surface area contributed by atoms with E-state index < -0.39 is 0 Å². The van der Waals surface area contributed by atoms with E-state index in [1.54, 1.807) is 12.3 Å². The maximum Gasteiger partial charge on any atom is 0.146 e. The minimum Gasteiger partial charge on any atom is -0.339 e. The van der Waals surface area contributed by atoms with Crippen molar-refractivity contribution in [1.29, 1.82) is 0 Å². The van der Waals surface area contributed by atoms with Crippen LogP contribution in [0, 0.1) is 12.7 Å². The monoisotopic (exact) mass is 255 g/mol. The first-order chi connectivity index (χ1) is 9.15. The largest absolute Gasteiger partial charge is 0.339 e. The third-order valence-electron chi connectivity index (χ3n) is 3.18. The average Bonchev–Trinajstić information content (AvgIpc) is 2.70. The van der Waals surface area contributed by atoms with Crippen molar-refractivity contribution in [3.8, 4) is 0 Å². The fourth-order valence-corrected chi connectivity index (χ4v) is 2.14. The Hall–Kier alpha value is -2.36. The molecule has 0 unspecified atom stereocenters. The predicted molar refractivity (Wildman–Crippen MR) is 75.1 cm³/mol. The number of nitrogens with one attached hydrogen (secondary N) is 1. The van der Waals surface area contributed by atoms with Crippen molar-refractivity contribution in [3.05, 3.63) is 54.0 Å². The van der Waals surface area contributed by atoms with E-state index in [-0.39, 0.29) is 5.82 Å². The van der Waals surface area contributed by atoms with Gasteiger partial charge < -0.3 is 9.88 Å². The topological polar surface area (TPSA) is 29.9 Å². The lowest BCUT2D eigenvalue weighted by Gasteiger charge is -2.09. The van der Waals surface area contributed by atoms with E-state index in [1.165, 1.54) is 6.07 Å². The molecular formula is C15H14FN3. The summed E-state index contributed by atoms with van der Waals surface area (Å²) in [6.45, 7) is 1.87. The van der Waals surface area contributed by atoms with Crippen LogP contribution in [0.2, 0.25) is 0 Å². The van der Waals surface area contributed by atoms with Gasteiger partial charge in [-0.3, -0.25) is 0 Å². The molecule has 0 atom stereocenters. The lowest BCUT2D eigenvalue weighted by Crippen LogP contribution is -2.00. The van der Waals surface area contributed by atoms with Crippen molar-refractivity contribution < 1.29 is 4.39 Å². The van der Waals surface area contributed by atoms with E-state index in [0.717, 1.165) is 22.4 Å². The number of benzene rings is 1. The van der Waals surface area contributed by atoms with E-state index in [2.05, 4.69) is 10.3 Å². The van der Waals surface area contributed by atoms with Crippen LogP contribution in [0.25, 0.3) is 11.0 Å². The smallest absolute Gasteiger partial charge is 0.146 e. The second-order valence-corrected chi connectivity index (χ2v) is 4.61. The molecule has 0 aliphatic carbocycles. The molecule has 2 heterocycles. The summed E-state index contributed by atoms with van der Waals surface area (Å²) < 4.78 is 15.7. The van der Waals surface area contributed by atoms with Crippen LogP contribution in [-0.2, 0) is 7.05 Å². The minimum atomic E-state index is -0.252. The number of pyridine rings is 1. The summed E-state index contributed by atoms with van der Waals surface area (Å²) in [5.41, 5.74) is 2.25. The lowest BCUT2D eigenvalue weighted by molar-refractivity contribution is 0.630. The maximum atomic E-state index is 13.8. The number of nitrogens with zero attached hydrogens (tertiary/aromatic N) is 2. The normalized spacial score (nSPS) is 10.9. The molecule has 0 saturated heterocycles. The van der Waals surface area contributed by atoms with Crippen LogP contribution in [0.3, 0.4) is 0 Å². The zero-order valence-electron chi connectivity index (χ0n) is 10.8. The van der Waals surface area contributed by atoms with Crippen LogP contribution in [0.4, 0.5) is 15.9 Å². The average molecular weight is 255 g/mol. The molecule has 0 amide bonds. The maximum absolute atomic E-state index is 13.8. The molecule has 0 aliphatic rings. The molecule has 2 aromatic heterocycles. The number of aryl methyl sites for hydroxylation is 2. The number of hydrogen-bond donors (Lipinski definition) is 1. The summed E-state index contributed by atoms with van der Waals surface area (Å²) in [4.78, 5) is 4.31. The van der Waals surface area contributed by atoms with Gasteiger partial charge in [0.1, 0.15) is 17.3 Å². The molecule has 4 heteroatoms. The first kappa shape index (κ1) is 11.7. The van der Waals surface area contributed by atoms with Gasteiger partial charge in [0, 0.05) is 18.6 Å². The molecule has 3 rings (SSSR count). The molecule has 19 heavy (non-hydrogen) atoms. The van der Waals surface area contributed by atoms with Crippen molar-refractivity contribution in [1.82, 2.24) is 9.55 Å². The Kier molecular flexibility index (Phi) is 2.71. The molecule has 0 bridgehead atoms. The number of hydrogen-bond acceptors (Lipinski definition) is 2. The molecule has 3 aromatic rings. The molecule has 0 aliphatic heterocycles. The molecule has 1 N–H and O–H groups in total. The summed E-state index contributed by atoms with van der Waals surface area (Å²) >= 11 is 0. The van der Waals surface area contributed by atoms with Crippen LogP contribution < -0.4 is 5.32 Å². The van der Waals surface area contributed by atoms with Crippen molar-refractivity contribution in [2.45, 2.75) is 6.92 Å². The zero-order valence-corrected chi connectivity index (χ0v) is 10.8. The molecular weight excluding hydrogens is 241 g/mol. The number of halogens is 1. The van der Waals surface area contributed by atoms with Gasteiger partial charge in [0.25, 0.3) is 0 Å². The highest BCUT2D eigenvalue weighted by atomic mass is 19.1. The minimum absolute atomic E-state index is 0.252. The van der Waals surface area contributed by atoms with Crippen molar-refractivity contribution in [2.75, 3.05) is 5.32 Å². The predicted octanol–water partition coefficient (Wildman–Crippen LogP) is 3.76. The standard InChI is InChI=1S/C15H14FN3/c1-10-5-6-13(12(16)8-10)18-14-9-11-4-3-7-17-15(11)19(14)2/h3-9,18H,1-2H3. The molecule has 0 spiro atoms. The molecule has 0 radical (unpaired) electrons.